The fourth-order valence-electron chi connectivity index (χ4n) is 1.60. The van der Waals surface area contributed by atoms with Crippen molar-refractivity contribution >= 4 is 11.8 Å². The molecular formula is C13H17FN2O3. The molecule has 0 bridgehead atoms. The molecule has 0 aromatic heterocycles. The monoisotopic (exact) mass is 268 g/mol. The Kier molecular flexibility index (Phi) is 5.29. The van der Waals surface area contributed by atoms with Crippen LogP contribution >= 0.6 is 0 Å². The zero-order valence-electron chi connectivity index (χ0n) is 10.9. The van der Waals surface area contributed by atoms with Crippen molar-refractivity contribution in [1.29, 1.82) is 0 Å². The predicted molar refractivity (Wildman–Crippen MR) is 68.3 cm³/mol. The van der Waals surface area contributed by atoms with Crippen LogP contribution in [0.25, 0.3) is 0 Å². The molecule has 0 aliphatic carbocycles. The highest BCUT2D eigenvalue weighted by atomic mass is 19.1. The number of carbonyl (C=O) groups is 2. The van der Waals surface area contributed by atoms with E-state index in [0.717, 1.165) is 18.2 Å². The van der Waals surface area contributed by atoms with Crippen molar-refractivity contribution < 1.29 is 19.1 Å². The third-order valence-corrected chi connectivity index (χ3v) is 2.57. The average molecular weight is 268 g/mol. The van der Waals surface area contributed by atoms with Gasteiger partial charge in [-0.05, 0) is 32.0 Å². The summed E-state index contributed by atoms with van der Waals surface area (Å²) in [5.74, 6) is -1.80. The number of phenolic OH excluding ortho intramolecular Hbond substituents is 1. The van der Waals surface area contributed by atoms with Gasteiger partial charge >= 0.3 is 0 Å². The number of aromatic hydroxyl groups is 1. The predicted octanol–water partition coefficient (Wildman–Crippen LogP) is 1.13. The Hall–Kier alpha value is -2.11. The molecule has 1 rings (SSSR count). The summed E-state index contributed by atoms with van der Waals surface area (Å²) >= 11 is 0. The molecule has 0 unspecified atom stereocenters. The minimum atomic E-state index is -0.616. The Bertz CT molecular complexity index is 477. The van der Waals surface area contributed by atoms with Crippen LogP contribution in [-0.2, 0) is 4.79 Å². The molecule has 5 nitrogen and oxygen atoms in total. The molecular weight excluding hydrogens is 251 g/mol. The molecule has 1 aromatic rings. The molecule has 0 aliphatic heterocycles. The number of phenols is 1. The molecule has 0 radical (unpaired) electrons. The average Bonchev–Trinajstić information content (AvgIpc) is 2.38. The minimum Gasteiger partial charge on any atom is -0.507 e. The maximum absolute atomic E-state index is 13.1. The Balaban J connectivity index is 2.89. The first-order chi connectivity index (χ1) is 8.99. The summed E-state index contributed by atoms with van der Waals surface area (Å²) in [5.41, 5.74) is -0.147. The van der Waals surface area contributed by atoms with Gasteiger partial charge in [0.2, 0.25) is 5.91 Å². The molecule has 1 aromatic carbocycles. The van der Waals surface area contributed by atoms with Gasteiger partial charge in [-0.2, -0.15) is 0 Å². The van der Waals surface area contributed by atoms with E-state index in [1.165, 1.54) is 4.90 Å². The van der Waals surface area contributed by atoms with Gasteiger partial charge in [0.25, 0.3) is 5.91 Å². The van der Waals surface area contributed by atoms with Crippen LogP contribution in [0.4, 0.5) is 4.39 Å². The van der Waals surface area contributed by atoms with E-state index in [4.69, 9.17) is 0 Å². The molecule has 6 heteroatoms. The maximum atomic E-state index is 13.1. The van der Waals surface area contributed by atoms with E-state index in [2.05, 4.69) is 5.32 Å². The number of halogens is 1. The molecule has 0 saturated heterocycles. The maximum Gasteiger partial charge on any atom is 0.258 e. The highest BCUT2D eigenvalue weighted by Crippen LogP contribution is 2.19. The summed E-state index contributed by atoms with van der Waals surface area (Å²) in [6, 6.07) is 3.13. The molecule has 104 valence electrons. The molecule has 0 saturated carbocycles. The summed E-state index contributed by atoms with van der Waals surface area (Å²) in [5, 5.41) is 12.1. The molecule has 0 aliphatic rings. The molecule has 2 N–H and O–H groups in total. The first kappa shape index (κ1) is 14.9. The number of benzene rings is 1. The smallest absolute Gasteiger partial charge is 0.258 e. The summed E-state index contributed by atoms with van der Waals surface area (Å²) in [6.07, 6.45) is 0. The highest BCUT2D eigenvalue weighted by molar-refractivity contribution is 5.98. The van der Waals surface area contributed by atoms with Crippen molar-refractivity contribution in [3.63, 3.8) is 0 Å². The summed E-state index contributed by atoms with van der Waals surface area (Å²) in [7, 11) is 0. The summed E-state index contributed by atoms with van der Waals surface area (Å²) in [6.45, 7) is 4.10. The van der Waals surface area contributed by atoms with Crippen molar-refractivity contribution in [2.45, 2.75) is 13.8 Å². The molecule has 0 heterocycles. The zero-order valence-corrected chi connectivity index (χ0v) is 10.9. The lowest BCUT2D eigenvalue weighted by Crippen LogP contribution is -2.40. The quantitative estimate of drug-likeness (QED) is 0.841. The van der Waals surface area contributed by atoms with Crippen LogP contribution in [0.1, 0.15) is 24.2 Å². The Morgan fingerprint density at radius 2 is 2.05 bits per heavy atom. The zero-order chi connectivity index (χ0) is 14.4. The van der Waals surface area contributed by atoms with Crippen LogP contribution in [0.15, 0.2) is 18.2 Å². The topological polar surface area (TPSA) is 69.6 Å². The van der Waals surface area contributed by atoms with E-state index < -0.39 is 11.7 Å². The van der Waals surface area contributed by atoms with E-state index in [9.17, 15) is 19.1 Å². The SMILES string of the molecule is CCNC(=O)CN(CC)C(=O)c1cc(F)ccc1O. The van der Waals surface area contributed by atoms with Crippen molar-refractivity contribution in [1.82, 2.24) is 10.2 Å². The number of nitrogens with one attached hydrogen (secondary N) is 1. The molecule has 0 spiro atoms. The van der Waals surface area contributed by atoms with Crippen molar-refractivity contribution in [3.8, 4) is 5.75 Å². The van der Waals surface area contributed by atoms with Crippen LogP contribution in [0, 0.1) is 5.82 Å². The third-order valence-electron chi connectivity index (χ3n) is 2.57. The standard InChI is InChI=1S/C13H17FN2O3/c1-3-15-12(18)8-16(4-2)13(19)10-7-9(14)5-6-11(10)17/h5-7,17H,3-4,8H2,1-2H3,(H,15,18). The molecule has 0 atom stereocenters. The first-order valence-electron chi connectivity index (χ1n) is 6.04. The lowest BCUT2D eigenvalue weighted by atomic mass is 10.1. The largest absolute Gasteiger partial charge is 0.507 e. The molecule has 0 fully saturated rings. The summed E-state index contributed by atoms with van der Waals surface area (Å²) in [4.78, 5) is 24.8. The van der Waals surface area contributed by atoms with E-state index in [1.54, 1.807) is 13.8 Å². The van der Waals surface area contributed by atoms with Crippen LogP contribution in [-0.4, -0.2) is 41.5 Å². The Morgan fingerprint density at radius 1 is 1.37 bits per heavy atom. The lowest BCUT2D eigenvalue weighted by Gasteiger charge is -2.20. The second kappa shape index (κ2) is 6.72. The third kappa shape index (κ3) is 3.94. The van der Waals surface area contributed by atoms with E-state index in [1.807, 2.05) is 0 Å². The van der Waals surface area contributed by atoms with Crippen molar-refractivity contribution in [3.05, 3.63) is 29.6 Å². The van der Waals surface area contributed by atoms with Gasteiger partial charge in [-0.3, -0.25) is 9.59 Å². The lowest BCUT2D eigenvalue weighted by molar-refractivity contribution is -0.121. The van der Waals surface area contributed by atoms with Crippen LogP contribution < -0.4 is 5.32 Å². The second-order valence-corrected chi connectivity index (χ2v) is 3.93. The second-order valence-electron chi connectivity index (χ2n) is 3.93. The van der Waals surface area contributed by atoms with Gasteiger partial charge in [-0.25, -0.2) is 4.39 Å². The number of hydrogen-bond acceptors (Lipinski definition) is 3. The number of carbonyl (C=O) groups excluding carboxylic acids is 2. The highest BCUT2D eigenvalue weighted by Gasteiger charge is 2.20. The first-order valence-corrected chi connectivity index (χ1v) is 6.04. The molecule has 19 heavy (non-hydrogen) atoms. The van der Waals surface area contributed by atoms with Gasteiger partial charge < -0.3 is 15.3 Å². The minimum absolute atomic E-state index is 0.126. The Morgan fingerprint density at radius 3 is 2.63 bits per heavy atom. The van der Waals surface area contributed by atoms with Gasteiger partial charge in [0.15, 0.2) is 0 Å². The number of rotatable bonds is 5. The molecule has 2 amide bonds. The van der Waals surface area contributed by atoms with Crippen molar-refractivity contribution in [2.75, 3.05) is 19.6 Å². The van der Waals surface area contributed by atoms with Crippen LogP contribution in [0.2, 0.25) is 0 Å². The normalized spacial score (nSPS) is 10.1. The van der Waals surface area contributed by atoms with Gasteiger partial charge in [0, 0.05) is 13.1 Å². The van der Waals surface area contributed by atoms with Gasteiger partial charge in [0.1, 0.15) is 11.6 Å². The van der Waals surface area contributed by atoms with Crippen LogP contribution in [0.3, 0.4) is 0 Å². The number of amides is 2. The fourth-order valence-corrected chi connectivity index (χ4v) is 1.60. The number of hydrogen-bond donors (Lipinski definition) is 2. The number of likely N-dealkylation sites (N-methyl/N-ethyl adjacent to an activating group) is 2. The Labute approximate surface area is 111 Å². The van der Waals surface area contributed by atoms with Gasteiger partial charge in [-0.15, -0.1) is 0 Å². The van der Waals surface area contributed by atoms with E-state index in [-0.39, 0.29) is 30.3 Å². The number of nitrogens with zero attached hydrogens (tertiary/aromatic N) is 1. The fraction of sp³-hybridized carbons (Fsp3) is 0.385. The van der Waals surface area contributed by atoms with Crippen molar-refractivity contribution in [2.24, 2.45) is 0 Å². The van der Waals surface area contributed by atoms with Gasteiger partial charge in [0.05, 0.1) is 12.1 Å². The van der Waals surface area contributed by atoms with E-state index >= 15 is 0 Å². The van der Waals surface area contributed by atoms with E-state index in [0.29, 0.717) is 6.54 Å². The van der Waals surface area contributed by atoms with Gasteiger partial charge in [-0.1, -0.05) is 0 Å². The van der Waals surface area contributed by atoms with Crippen LogP contribution in [0.5, 0.6) is 5.75 Å². The summed E-state index contributed by atoms with van der Waals surface area (Å²) < 4.78 is 13.1.